The summed E-state index contributed by atoms with van der Waals surface area (Å²) in [6, 6.07) is 3.16. The molecule has 0 aliphatic carbocycles. The van der Waals surface area contributed by atoms with Gasteiger partial charge < -0.3 is 10.0 Å². The van der Waals surface area contributed by atoms with Crippen LogP contribution in [0, 0.1) is 10.1 Å². The summed E-state index contributed by atoms with van der Waals surface area (Å²) in [4.78, 5) is 23.9. The van der Waals surface area contributed by atoms with Crippen molar-refractivity contribution in [1.29, 1.82) is 0 Å². The van der Waals surface area contributed by atoms with Gasteiger partial charge >= 0.3 is 5.97 Å². The number of benzene rings is 1. The van der Waals surface area contributed by atoms with E-state index >= 15 is 0 Å². The Labute approximate surface area is 109 Å². The summed E-state index contributed by atoms with van der Waals surface area (Å²) in [5.41, 5.74) is 1.91. The Balaban J connectivity index is 2.29. The number of carboxylic acid groups (broad SMARTS) is 1. The lowest BCUT2D eigenvalue weighted by Gasteiger charge is -2.34. The first kappa shape index (κ1) is 11.7. The van der Waals surface area contributed by atoms with Crippen molar-refractivity contribution in [3.63, 3.8) is 0 Å². The van der Waals surface area contributed by atoms with E-state index in [2.05, 4.69) is 0 Å². The zero-order valence-electron chi connectivity index (χ0n) is 10.1. The molecule has 0 radical (unpaired) electrons. The number of nitro benzene ring substituents is 1. The summed E-state index contributed by atoms with van der Waals surface area (Å²) in [5.74, 6) is -2.00. The summed E-state index contributed by atoms with van der Waals surface area (Å²) in [7, 11) is 0. The Morgan fingerprint density at radius 2 is 2.26 bits per heavy atom. The average Bonchev–Trinajstić information content (AvgIpc) is 2.39. The zero-order chi connectivity index (χ0) is 13.6. The summed E-state index contributed by atoms with van der Waals surface area (Å²) >= 11 is 0. The van der Waals surface area contributed by atoms with E-state index in [0.717, 1.165) is 30.6 Å². The van der Waals surface area contributed by atoms with Gasteiger partial charge in [-0.05, 0) is 24.5 Å². The van der Waals surface area contributed by atoms with E-state index in [9.17, 15) is 20.0 Å². The van der Waals surface area contributed by atoms with Gasteiger partial charge in [-0.1, -0.05) is 6.07 Å². The summed E-state index contributed by atoms with van der Waals surface area (Å²) in [5, 5.41) is 20.4. The number of aryl methyl sites for hydroxylation is 1. The number of aliphatic carboxylic acids is 1. The van der Waals surface area contributed by atoms with Crippen LogP contribution in [0.5, 0.6) is 0 Å². The number of hydrogen-bond acceptors (Lipinski definition) is 4. The molecule has 1 atom stereocenters. The van der Waals surface area contributed by atoms with Crippen LogP contribution in [0.3, 0.4) is 0 Å². The number of hydrogen-bond donors (Lipinski definition) is 1. The molecule has 1 aromatic carbocycles. The third kappa shape index (κ3) is 1.68. The number of carbonyl (C=O) groups is 1. The third-order valence-corrected chi connectivity index (χ3v) is 3.64. The molecule has 0 saturated heterocycles. The largest absolute Gasteiger partial charge is 0.481 e. The van der Waals surface area contributed by atoms with Crippen molar-refractivity contribution in [1.82, 2.24) is 0 Å². The number of nitrogens with zero attached hydrogens (tertiary/aromatic N) is 2. The molecule has 0 amide bonds. The summed E-state index contributed by atoms with van der Waals surface area (Å²) in [6.07, 6.45) is 5.05. The van der Waals surface area contributed by atoms with Gasteiger partial charge in [0.25, 0.3) is 5.69 Å². The van der Waals surface area contributed by atoms with E-state index in [1.54, 1.807) is 12.3 Å². The molecule has 6 nitrogen and oxygen atoms in total. The van der Waals surface area contributed by atoms with Gasteiger partial charge in [-0.3, -0.25) is 14.9 Å². The number of carboxylic acids is 1. The number of rotatable bonds is 2. The first-order valence-electron chi connectivity index (χ1n) is 6.07. The second kappa shape index (κ2) is 4.08. The molecule has 0 saturated carbocycles. The molecule has 1 N–H and O–H groups in total. The van der Waals surface area contributed by atoms with Gasteiger partial charge in [0, 0.05) is 18.8 Å². The van der Waals surface area contributed by atoms with Crippen molar-refractivity contribution in [3.8, 4) is 0 Å². The fourth-order valence-electron chi connectivity index (χ4n) is 2.84. The van der Waals surface area contributed by atoms with Gasteiger partial charge in [-0.2, -0.15) is 0 Å². The Kier molecular flexibility index (Phi) is 2.51. The molecule has 1 aromatic rings. The van der Waals surface area contributed by atoms with E-state index < -0.39 is 16.8 Å². The van der Waals surface area contributed by atoms with E-state index in [1.165, 1.54) is 12.1 Å². The van der Waals surface area contributed by atoms with Crippen LogP contribution in [0.4, 0.5) is 11.4 Å². The number of anilines is 1. The fraction of sp³-hybridized carbons (Fsp3) is 0.308. The van der Waals surface area contributed by atoms with Gasteiger partial charge in [0.15, 0.2) is 0 Å². The SMILES string of the molecule is O=C(O)C1C=CN2CCCc3ccc([N+](=O)[O-])c1c32. The maximum absolute atomic E-state index is 11.3. The predicted octanol–water partition coefficient (Wildman–Crippen LogP) is 2.04. The topological polar surface area (TPSA) is 83.7 Å². The molecule has 0 fully saturated rings. The average molecular weight is 260 g/mol. The molecular formula is C13H12N2O4. The van der Waals surface area contributed by atoms with Crippen LogP contribution in [0.1, 0.15) is 23.5 Å². The van der Waals surface area contributed by atoms with Gasteiger partial charge in [-0.25, -0.2) is 0 Å². The third-order valence-electron chi connectivity index (χ3n) is 3.64. The molecule has 1 unspecified atom stereocenters. The molecule has 2 aliphatic rings. The first-order chi connectivity index (χ1) is 9.09. The van der Waals surface area contributed by atoms with Crippen molar-refractivity contribution in [3.05, 3.63) is 45.6 Å². The molecule has 98 valence electrons. The lowest BCUT2D eigenvalue weighted by Crippen LogP contribution is -2.30. The maximum Gasteiger partial charge on any atom is 0.315 e. The molecule has 2 heterocycles. The summed E-state index contributed by atoms with van der Waals surface area (Å²) in [6.45, 7) is 0.768. The Morgan fingerprint density at radius 1 is 1.47 bits per heavy atom. The second-order valence-corrected chi connectivity index (χ2v) is 4.72. The minimum Gasteiger partial charge on any atom is -0.481 e. The molecule has 2 aliphatic heterocycles. The van der Waals surface area contributed by atoms with Crippen molar-refractivity contribution >= 4 is 17.3 Å². The van der Waals surface area contributed by atoms with Gasteiger partial charge in [0.05, 0.1) is 16.2 Å². The minimum atomic E-state index is -1.06. The van der Waals surface area contributed by atoms with Crippen molar-refractivity contribution < 1.29 is 14.8 Å². The van der Waals surface area contributed by atoms with E-state index in [4.69, 9.17) is 0 Å². The maximum atomic E-state index is 11.3. The Bertz CT molecular complexity index is 609. The predicted molar refractivity (Wildman–Crippen MR) is 68.3 cm³/mol. The van der Waals surface area contributed by atoms with Gasteiger partial charge in [0.1, 0.15) is 5.92 Å². The normalized spacial score (nSPS) is 20.0. The highest BCUT2D eigenvalue weighted by Crippen LogP contribution is 2.44. The second-order valence-electron chi connectivity index (χ2n) is 4.72. The minimum absolute atomic E-state index is 0.109. The van der Waals surface area contributed by atoms with Crippen LogP contribution in [-0.2, 0) is 11.2 Å². The summed E-state index contributed by atoms with van der Waals surface area (Å²) < 4.78 is 0. The molecule has 0 aromatic heterocycles. The van der Waals surface area contributed by atoms with Crippen LogP contribution in [0.2, 0.25) is 0 Å². The Hall–Kier alpha value is -2.37. The van der Waals surface area contributed by atoms with Crippen molar-refractivity contribution in [2.45, 2.75) is 18.8 Å². The molecular weight excluding hydrogens is 248 g/mol. The quantitative estimate of drug-likeness (QED) is 0.649. The first-order valence-corrected chi connectivity index (χ1v) is 6.07. The molecule has 0 spiro atoms. The smallest absolute Gasteiger partial charge is 0.315 e. The lowest BCUT2D eigenvalue weighted by molar-refractivity contribution is -0.385. The highest BCUT2D eigenvalue weighted by Gasteiger charge is 2.36. The van der Waals surface area contributed by atoms with Crippen LogP contribution < -0.4 is 4.90 Å². The monoisotopic (exact) mass is 260 g/mol. The van der Waals surface area contributed by atoms with Crippen LogP contribution in [0.15, 0.2) is 24.4 Å². The lowest BCUT2D eigenvalue weighted by atomic mass is 9.87. The van der Waals surface area contributed by atoms with Gasteiger partial charge in [0.2, 0.25) is 0 Å². The number of nitro groups is 1. The molecule has 19 heavy (non-hydrogen) atoms. The van der Waals surface area contributed by atoms with E-state index in [0.29, 0.717) is 5.56 Å². The van der Waals surface area contributed by atoms with Crippen LogP contribution >= 0.6 is 0 Å². The van der Waals surface area contributed by atoms with Crippen LogP contribution in [0.25, 0.3) is 0 Å². The fourth-order valence-corrected chi connectivity index (χ4v) is 2.84. The highest BCUT2D eigenvalue weighted by molar-refractivity contribution is 5.87. The molecule has 3 rings (SSSR count). The van der Waals surface area contributed by atoms with Gasteiger partial charge in [-0.15, -0.1) is 0 Å². The Morgan fingerprint density at radius 3 is 2.95 bits per heavy atom. The highest BCUT2D eigenvalue weighted by atomic mass is 16.6. The van der Waals surface area contributed by atoms with Crippen molar-refractivity contribution in [2.24, 2.45) is 0 Å². The van der Waals surface area contributed by atoms with Crippen molar-refractivity contribution in [2.75, 3.05) is 11.4 Å². The zero-order valence-corrected chi connectivity index (χ0v) is 10.1. The molecule has 6 heteroatoms. The van der Waals surface area contributed by atoms with E-state index in [-0.39, 0.29) is 5.69 Å². The molecule has 0 bridgehead atoms. The van der Waals surface area contributed by atoms with Crippen LogP contribution in [-0.4, -0.2) is 22.5 Å². The standard InChI is InChI=1S/C13H12N2O4/c16-13(17)9-5-7-14-6-1-2-8-3-4-10(15(18)19)11(9)12(8)14/h3-5,7,9H,1-2,6H2,(H,16,17). The van der Waals surface area contributed by atoms with E-state index in [1.807, 2.05) is 4.90 Å².